The molecule has 90 valence electrons. The Morgan fingerprint density at radius 1 is 1.41 bits per heavy atom. The van der Waals surface area contributed by atoms with Crippen LogP contribution in [0.3, 0.4) is 0 Å². The molecule has 0 aliphatic rings. The monoisotopic (exact) mass is 249 g/mol. The van der Waals surface area contributed by atoms with Gasteiger partial charge in [-0.25, -0.2) is 0 Å². The van der Waals surface area contributed by atoms with E-state index in [1.54, 1.807) is 7.11 Å². The number of hydrogen-bond donors (Lipinski definition) is 1. The summed E-state index contributed by atoms with van der Waals surface area (Å²) in [7, 11) is 1.65. The molecule has 0 aliphatic heterocycles. The van der Waals surface area contributed by atoms with Crippen LogP contribution in [0.2, 0.25) is 0 Å². The maximum atomic E-state index is 5.18. The van der Waals surface area contributed by atoms with Gasteiger partial charge in [-0.15, -0.1) is 0 Å². The molecule has 0 bridgehead atoms. The van der Waals surface area contributed by atoms with Crippen LogP contribution < -0.4 is 10.1 Å². The Balaban J connectivity index is 2.18. The topological polar surface area (TPSA) is 47.0 Å². The van der Waals surface area contributed by atoms with Crippen molar-refractivity contribution in [3.63, 3.8) is 0 Å². The molecule has 5 heteroatoms. The van der Waals surface area contributed by atoms with E-state index >= 15 is 0 Å². The lowest BCUT2D eigenvalue weighted by atomic mass is 10.2. The van der Waals surface area contributed by atoms with E-state index in [-0.39, 0.29) is 0 Å². The quantitative estimate of drug-likeness (QED) is 0.884. The number of nitrogens with zero attached hydrogens (tertiary/aromatic N) is 2. The number of benzene rings is 1. The van der Waals surface area contributed by atoms with Crippen LogP contribution in [-0.4, -0.2) is 23.0 Å². The lowest BCUT2D eigenvalue weighted by Gasteiger charge is -2.00. The third kappa shape index (κ3) is 2.94. The first-order valence-corrected chi connectivity index (χ1v) is 6.33. The highest BCUT2D eigenvalue weighted by Gasteiger charge is 2.06. The predicted molar refractivity (Wildman–Crippen MR) is 70.7 cm³/mol. The second kappa shape index (κ2) is 5.63. The zero-order chi connectivity index (χ0) is 12.1. The fourth-order valence-corrected chi connectivity index (χ4v) is 2.02. The van der Waals surface area contributed by atoms with Crippen LogP contribution in [0.1, 0.15) is 13.3 Å². The largest absolute Gasteiger partial charge is 0.497 e. The van der Waals surface area contributed by atoms with Crippen molar-refractivity contribution in [2.45, 2.75) is 13.3 Å². The Hall–Kier alpha value is -1.62. The molecule has 0 spiro atoms. The zero-order valence-electron chi connectivity index (χ0n) is 9.93. The van der Waals surface area contributed by atoms with Crippen molar-refractivity contribution in [3.05, 3.63) is 24.3 Å². The van der Waals surface area contributed by atoms with Crippen LogP contribution in [-0.2, 0) is 0 Å². The van der Waals surface area contributed by atoms with E-state index in [1.165, 1.54) is 11.5 Å². The fraction of sp³-hybridized carbons (Fsp3) is 0.333. The Kier molecular flexibility index (Phi) is 3.93. The number of methoxy groups -OCH3 is 1. The van der Waals surface area contributed by atoms with Gasteiger partial charge in [0.05, 0.1) is 7.11 Å². The molecule has 0 saturated heterocycles. The number of rotatable bonds is 5. The third-order valence-electron chi connectivity index (χ3n) is 2.28. The lowest BCUT2D eigenvalue weighted by molar-refractivity contribution is 0.415. The average molecular weight is 249 g/mol. The summed E-state index contributed by atoms with van der Waals surface area (Å²) in [5.41, 5.74) is 0.977. The summed E-state index contributed by atoms with van der Waals surface area (Å²) in [6, 6.07) is 7.76. The molecule has 1 aromatic heterocycles. The summed E-state index contributed by atoms with van der Waals surface area (Å²) in [6.45, 7) is 3.05. The molecule has 1 heterocycles. The summed E-state index contributed by atoms with van der Waals surface area (Å²) in [5.74, 6) is 1.56. The molecule has 0 unspecified atom stereocenters. The van der Waals surface area contributed by atoms with Gasteiger partial charge in [0.2, 0.25) is 5.13 Å². The van der Waals surface area contributed by atoms with Gasteiger partial charge in [-0.3, -0.25) is 0 Å². The van der Waals surface area contributed by atoms with E-state index in [0.29, 0.717) is 0 Å². The van der Waals surface area contributed by atoms with Gasteiger partial charge >= 0.3 is 0 Å². The molecule has 0 radical (unpaired) electrons. The van der Waals surface area contributed by atoms with Crippen LogP contribution in [0.4, 0.5) is 5.13 Å². The molecule has 1 N–H and O–H groups in total. The molecule has 2 rings (SSSR count). The minimum absolute atomic E-state index is 0.743. The molecule has 2 aromatic rings. The maximum absolute atomic E-state index is 5.18. The van der Waals surface area contributed by atoms with Crippen molar-refractivity contribution < 1.29 is 4.74 Å². The molecule has 1 aromatic carbocycles. The first-order valence-electron chi connectivity index (χ1n) is 5.55. The Labute approximate surface area is 105 Å². The van der Waals surface area contributed by atoms with Gasteiger partial charge in [-0.2, -0.15) is 9.36 Å². The highest BCUT2D eigenvalue weighted by Crippen LogP contribution is 2.24. The molecule has 0 aliphatic carbocycles. The normalized spacial score (nSPS) is 10.2. The molecule has 0 atom stereocenters. The molecule has 0 amide bonds. The van der Waals surface area contributed by atoms with Gasteiger partial charge in [0.25, 0.3) is 0 Å². The highest BCUT2D eigenvalue weighted by molar-refractivity contribution is 7.09. The SMILES string of the molecule is CCCNc1nc(-c2cccc(OC)c2)ns1. The second-order valence-electron chi connectivity index (χ2n) is 3.58. The van der Waals surface area contributed by atoms with Crippen molar-refractivity contribution in [2.24, 2.45) is 0 Å². The summed E-state index contributed by atoms with van der Waals surface area (Å²) >= 11 is 1.38. The first-order chi connectivity index (χ1) is 8.33. The van der Waals surface area contributed by atoms with E-state index in [9.17, 15) is 0 Å². The number of aromatic nitrogens is 2. The molecular weight excluding hydrogens is 234 g/mol. The number of ether oxygens (including phenoxy) is 1. The van der Waals surface area contributed by atoms with Crippen LogP contribution >= 0.6 is 11.5 Å². The Bertz CT molecular complexity index is 484. The van der Waals surface area contributed by atoms with Gasteiger partial charge < -0.3 is 10.1 Å². The van der Waals surface area contributed by atoms with Crippen molar-refractivity contribution in [2.75, 3.05) is 19.0 Å². The summed E-state index contributed by atoms with van der Waals surface area (Å²) < 4.78 is 9.51. The van der Waals surface area contributed by atoms with Gasteiger partial charge in [0, 0.05) is 23.6 Å². The number of anilines is 1. The van der Waals surface area contributed by atoms with E-state index in [4.69, 9.17) is 4.74 Å². The van der Waals surface area contributed by atoms with Crippen molar-refractivity contribution in [1.29, 1.82) is 0 Å². The molecule has 0 saturated carbocycles. The molecule has 0 fully saturated rings. The fourth-order valence-electron chi connectivity index (χ4n) is 1.41. The highest BCUT2D eigenvalue weighted by atomic mass is 32.1. The van der Waals surface area contributed by atoms with Crippen molar-refractivity contribution in [3.8, 4) is 17.1 Å². The number of hydrogen-bond acceptors (Lipinski definition) is 5. The van der Waals surface area contributed by atoms with Crippen molar-refractivity contribution in [1.82, 2.24) is 9.36 Å². The molecule has 4 nitrogen and oxygen atoms in total. The second-order valence-corrected chi connectivity index (χ2v) is 4.33. The average Bonchev–Trinajstić information content (AvgIpc) is 2.85. The Morgan fingerprint density at radius 2 is 2.29 bits per heavy atom. The van der Waals surface area contributed by atoms with Crippen molar-refractivity contribution >= 4 is 16.7 Å². The minimum Gasteiger partial charge on any atom is -0.497 e. The minimum atomic E-state index is 0.743. The summed E-state index contributed by atoms with van der Waals surface area (Å²) in [5, 5.41) is 4.09. The number of nitrogens with one attached hydrogen (secondary N) is 1. The van der Waals surface area contributed by atoms with Crippen LogP contribution in [0.25, 0.3) is 11.4 Å². The van der Waals surface area contributed by atoms with Gasteiger partial charge in [0.1, 0.15) is 5.75 Å². The third-order valence-corrected chi connectivity index (χ3v) is 2.95. The van der Waals surface area contributed by atoms with Gasteiger partial charge in [-0.1, -0.05) is 19.1 Å². The maximum Gasteiger partial charge on any atom is 0.202 e. The standard InChI is InChI=1S/C12H15N3OS/c1-3-7-13-12-14-11(15-17-12)9-5-4-6-10(8-9)16-2/h4-6,8H,3,7H2,1-2H3,(H,13,14,15). The lowest BCUT2D eigenvalue weighted by Crippen LogP contribution is -1.98. The zero-order valence-corrected chi connectivity index (χ0v) is 10.8. The van der Waals surface area contributed by atoms with Crippen LogP contribution in [0, 0.1) is 0 Å². The van der Waals surface area contributed by atoms with Crippen LogP contribution in [0.5, 0.6) is 5.75 Å². The summed E-state index contributed by atoms with van der Waals surface area (Å²) in [4.78, 5) is 4.43. The molecule has 17 heavy (non-hydrogen) atoms. The first kappa shape index (κ1) is 11.9. The predicted octanol–water partition coefficient (Wildman–Crippen LogP) is 3.04. The summed E-state index contributed by atoms with van der Waals surface area (Å²) in [6.07, 6.45) is 1.08. The van der Waals surface area contributed by atoms with E-state index in [0.717, 1.165) is 35.2 Å². The van der Waals surface area contributed by atoms with E-state index < -0.39 is 0 Å². The van der Waals surface area contributed by atoms with E-state index in [1.807, 2.05) is 24.3 Å². The Morgan fingerprint density at radius 3 is 3.06 bits per heavy atom. The smallest absolute Gasteiger partial charge is 0.202 e. The van der Waals surface area contributed by atoms with Crippen LogP contribution in [0.15, 0.2) is 24.3 Å². The molecular formula is C12H15N3OS. The van der Waals surface area contributed by atoms with E-state index in [2.05, 4.69) is 21.6 Å². The van der Waals surface area contributed by atoms with Gasteiger partial charge in [0.15, 0.2) is 5.82 Å². The van der Waals surface area contributed by atoms with Gasteiger partial charge in [-0.05, 0) is 18.6 Å².